The van der Waals surface area contributed by atoms with E-state index in [1.54, 1.807) is 0 Å². The predicted octanol–water partition coefficient (Wildman–Crippen LogP) is 2.00. The Morgan fingerprint density at radius 1 is 1.47 bits per heavy atom. The number of rotatable bonds is 6. The van der Waals surface area contributed by atoms with Crippen LogP contribution in [0.5, 0.6) is 5.75 Å². The highest BCUT2D eigenvalue weighted by Gasteiger charge is 2.17. The molecule has 1 aromatic rings. The molecular formula is C10H10ClNO5. The lowest BCUT2D eigenvalue weighted by atomic mass is 10.2. The lowest BCUT2D eigenvalue weighted by Crippen LogP contribution is -2.06. The van der Waals surface area contributed by atoms with Crippen LogP contribution in [-0.4, -0.2) is 30.5 Å². The van der Waals surface area contributed by atoms with Crippen LogP contribution in [0.4, 0.5) is 5.69 Å². The monoisotopic (exact) mass is 259 g/mol. The van der Waals surface area contributed by atoms with Crippen LogP contribution in [0.1, 0.15) is 10.4 Å². The minimum absolute atomic E-state index is 0.0532. The summed E-state index contributed by atoms with van der Waals surface area (Å²) in [5, 5.41) is 10.0. The smallest absolute Gasteiger partial charge is 0.311 e. The predicted molar refractivity (Wildman–Crippen MR) is 60.7 cm³/mol. The normalized spacial score (nSPS) is 10.0. The third-order valence-electron chi connectivity index (χ3n) is 1.93. The van der Waals surface area contributed by atoms with Crippen molar-refractivity contribution in [2.24, 2.45) is 0 Å². The summed E-state index contributed by atoms with van der Waals surface area (Å²) in [6.07, 6.45) is 0. The van der Waals surface area contributed by atoms with Crippen LogP contribution in [-0.2, 0) is 4.74 Å². The molecule has 0 aliphatic rings. The molecule has 0 saturated heterocycles. The van der Waals surface area contributed by atoms with Gasteiger partial charge in [-0.15, -0.1) is 0 Å². The number of carbonyl (C=O) groups is 1. The van der Waals surface area contributed by atoms with E-state index in [4.69, 9.17) is 21.1 Å². The van der Waals surface area contributed by atoms with Gasteiger partial charge in [-0.1, -0.05) is 0 Å². The number of hydrogen-bond donors (Lipinski definition) is 0. The number of ether oxygens (including phenoxy) is 2. The van der Waals surface area contributed by atoms with E-state index >= 15 is 0 Å². The van der Waals surface area contributed by atoms with Crippen LogP contribution in [0.3, 0.4) is 0 Å². The molecule has 0 aliphatic heterocycles. The summed E-state index contributed by atoms with van der Waals surface area (Å²) in [5.74, 6) is 0.0775. The molecule has 0 saturated carbocycles. The van der Waals surface area contributed by atoms with E-state index in [2.05, 4.69) is 0 Å². The highest BCUT2D eigenvalue weighted by Crippen LogP contribution is 2.28. The zero-order valence-corrected chi connectivity index (χ0v) is 9.77. The van der Waals surface area contributed by atoms with Gasteiger partial charge in [-0.05, 0) is 23.7 Å². The first-order chi connectivity index (χ1) is 8.06. The minimum Gasteiger partial charge on any atom is -0.484 e. The molecule has 1 rings (SSSR count). The van der Waals surface area contributed by atoms with Crippen molar-refractivity contribution in [2.75, 3.05) is 20.3 Å². The molecule has 0 spiro atoms. The summed E-state index contributed by atoms with van der Waals surface area (Å²) in [7, 11) is 1.49. The Balaban J connectivity index is 2.96. The zero-order chi connectivity index (χ0) is 12.8. The SMILES string of the molecule is COCCOc1ccc(C(=O)Cl)cc1[N+](=O)[O-]. The van der Waals surface area contributed by atoms with E-state index in [-0.39, 0.29) is 23.6 Å². The molecule has 0 N–H and O–H groups in total. The van der Waals surface area contributed by atoms with Gasteiger partial charge in [-0.2, -0.15) is 0 Å². The Kier molecular flexibility index (Phi) is 4.86. The van der Waals surface area contributed by atoms with Gasteiger partial charge in [0.05, 0.1) is 11.5 Å². The summed E-state index contributed by atoms with van der Waals surface area (Å²) in [6, 6.07) is 3.78. The molecular weight excluding hydrogens is 250 g/mol. The van der Waals surface area contributed by atoms with E-state index < -0.39 is 10.2 Å². The average Bonchev–Trinajstić information content (AvgIpc) is 2.29. The van der Waals surface area contributed by atoms with Gasteiger partial charge in [0.25, 0.3) is 5.24 Å². The summed E-state index contributed by atoms with van der Waals surface area (Å²) >= 11 is 5.24. The molecule has 17 heavy (non-hydrogen) atoms. The van der Waals surface area contributed by atoms with Crippen LogP contribution in [0, 0.1) is 10.1 Å². The summed E-state index contributed by atoms with van der Waals surface area (Å²) < 4.78 is 9.91. The van der Waals surface area contributed by atoms with E-state index in [0.29, 0.717) is 6.61 Å². The van der Waals surface area contributed by atoms with E-state index in [1.165, 1.54) is 19.2 Å². The molecule has 92 valence electrons. The molecule has 0 bridgehead atoms. The Bertz CT molecular complexity index is 435. The Morgan fingerprint density at radius 3 is 2.71 bits per heavy atom. The van der Waals surface area contributed by atoms with Gasteiger partial charge in [0, 0.05) is 18.7 Å². The van der Waals surface area contributed by atoms with Gasteiger partial charge in [-0.3, -0.25) is 14.9 Å². The number of benzene rings is 1. The van der Waals surface area contributed by atoms with E-state index in [1.807, 2.05) is 0 Å². The van der Waals surface area contributed by atoms with E-state index in [0.717, 1.165) is 6.07 Å². The number of hydrogen-bond acceptors (Lipinski definition) is 5. The van der Waals surface area contributed by atoms with Crippen LogP contribution in [0.15, 0.2) is 18.2 Å². The zero-order valence-electron chi connectivity index (χ0n) is 9.01. The van der Waals surface area contributed by atoms with Gasteiger partial charge < -0.3 is 9.47 Å². The third kappa shape index (κ3) is 3.69. The highest BCUT2D eigenvalue weighted by molar-refractivity contribution is 6.67. The van der Waals surface area contributed by atoms with Gasteiger partial charge in [-0.25, -0.2) is 0 Å². The number of nitro benzene ring substituents is 1. The maximum Gasteiger partial charge on any atom is 0.311 e. The molecule has 0 atom stereocenters. The molecule has 6 nitrogen and oxygen atoms in total. The van der Waals surface area contributed by atoms with Crippen LogP contribution < -0.4 is 4.74 Å². The first kappa shape index (κ1) is 13.4. The van der Waals surface area contributed by atoms with Gasteiger partial charge in [0.1, 0.15) is 6.61 Å². The largest absolute Gasteiger partial charge is 0.484 e. The van der Waals surface area contributed by atoms with E-state index in [9.17, 15) is 14.9 Å². The van der Waals surface area contributed by atoms with Gasteiger partial charge >= 0.3 is 5.69 Å². The third-order valence-corrected chi connectivity index (χ3v) is 2.15. The molecule has 0 fully saturated rings. The number of halogens is 1. The van der Waals surface area contributed by atoms with Gasteiger partial charge in [0.15, 0.2) is 5.75 Å². The molecule has 0 unspecified atom stereocenters. The standard InChI is InChI=1S/C10H10ClNO5/c1-16-4-5-17-9-3-2-7(10(11)13)6-8(9)12(14)15/h2-3,6H,4-5H2,1H3. The maximum atomic E-state index is 10.9. The Morgan fingerprint density at radius 2 is 2.18 bits per heavy atom. The van der Waals surface area contributed by atoms with Gasteiger partial charge in [0.2, 0.25) is 0 Å². The van der Waals surface area contributed by atoms with Crippen molar-refractivity contribution in [3.63, 3.8) is 0 Å². The van der Waals surface area contributed by atoms with Crippen molar-refractivity contribution >= 4 is 22.5 Å². The number of nitro groups is 1. The molecule has 0 radical (unpaired) electrons. The fraction of sp³-hybridized carbons (Fsp3) is 0.300. The van der Waals surface area contributed by atoms with Crippen molar-refractivity contribution in [1.29, 1.82) is 0 Å². The molecule has 1 aromatic carbocycles. The highest BCUT2D eigenvalue weighted by atomic mass is 35.5. The fourth-order valence-electron chi connectivity index (χ4n) is 1.14. The lowest BCUT2D eigenvalue weighted by Gasteiger charge is -2.06. The maximum absolute atomic E-state index is 10.9. The summed E-state index contributed by atoms with van der Waals surface area (Å²) in [5.41, 5.74) is -0.245. The second-order valence-electron chi connectivity index (χ2n) is 3.05. The minimum atomic E-state index is -0.753. The molecule has 0 aromatic heterocycles. The molecule has 0 aliphatic carbocycles. The average molecular weight is 260 g/mol. The Hall–Kier alpha value is -1.66. The van der Waals surface area contributed by atoms with Crippen molar-refractivity contribution in [1.82, 2.24) is 0 Å². The quantitative estimate of drug-likeness (QED) is 0.338. The second-order valence-corrected chi connectivity index (χ2v) is 3.40. The topological polar surface area (TPSA) is 78.7 Å². The Labute approximate surface area is 102 Å². The van der Waals surface area contributed by atoms with Crippen molar-refractivity contribution in [3.8, 4) is 5.75 Å². The molecule has 0 amide bonds. The molecule has 7 heteroatoms. The number of nitrogens with zero attached hydrogens (tertiary/aromatic N) is 1. The fourth-order valence-corrected chi connectivity index (χ4v) is 1.26. The number of methoxy groups -OCH3 is 1. The summed E-state index contributed by atoms with van der Waals surface area (Å²) in [4.78, 5) is 21.0. The number of carbonyl (C=O) groups excluding carboxylic acids is 1. The summed E-state index contributed by atoms with van der Waals surface area (Å²) in [6.45, 7) is 0.499. The van der Waals surface area contributed by atoms with Crippen molar-refractivity contribution in [3.05, 3.63) is 33.9 Å². The van der Waals surface area contributed by atoms with Crippen LogP contribution in [0.2, 0.25) is 0 Å². The first-order valence-corrected chi connectivity index (χ1v) is 5.04. The van der Waals surface area contributed by atoms with Crippen LogP contribution in [0.25, 0.3) is 0 Å². The lowest BCUT2D eigenvalue weighted by molar-refractivity contribution is -0.385. The van der Waals surface area contributed by atoms with Crippen LogP contribution >= 0.6 is 11.6 Å². The van der Waals surface area contributed by atoms with Crippen molar-refractivity contribution < 1.29 is 19.2 Å². The molecule has 0 heterocycles. The first-order valence-electron chi connectivity index (χ1n) is 4.66. The second kappa shape index (κ2) is 6.17. The van der Waals surface area contributed by atoms with Crippen molar-refractivity contribution in [2.45, 2.75) is 0 Å².